The molecule has 1 saturated heterocycles. The molecule has 1 aliphatic rings. The van der Waals surface area contributed by atoms with Crippen LogP contribution in [0.2, 0.25) is 0 Å². The Balaban J connectivity index is 1.18. The average Bonchev–Trinajstić information content (AvgIpc) is 3.41. The number of amides is 1. The van der Waals surface area contributed by atoms with Crippen molar-refractivity contribution in [3.8, 4) is 10.7 Å². The third-order valence-corrected chi connectivity index (χ3v) is 5.84. The van der Waals surface area contributed by atoms with Crippen LogP contribution in [-0.2, 0) is 17.8 Å². The Morgan fingerprint density at radius 3 is 2.75 bits per heavy atom. The molecular formula is C21H24N4O2S. The molecule has 1 aromatic carbocycles. The minimum absolute atomic E-state index is 0.0531. The first-order valence-electron chi connectivity index (χ1n) is 9.68. The van der Waals surface area contributed by atoms with E-state index < -0.39 is 0 Å². The van der Waals surface area contributed by atoms with Gasteiger partial charge >= 0.3 is 0 Å². The van der Waals surface area contributed by atoms with Crippen LogP contribution in [0.25, 0.3) is 10.7 Å². The highest BCUT2D eigenvalue weighted by Crippen LogP contribution is 2.21. The van der Waals surface area contributed by atoms with Crippen LogP contribution in [0.1, 0.15) is 30.7 Å². The van der Waals surface area contributed by atoms with Gasteiger partial charge in [0.1, 0.15) is 0 Å². The van der Waals surface area contributed by atoms with E-state index in [0.717, 1.165) is 37.4 Å². The number of aromatic nitrogens is 2. The number of likely N-dealkylation sites (tertiary alicyclic amines) is 1. The number of rotatable bonds is 7. The Hall–Kier alpha value is -2.51. The molecule has 0 spiro atoms. The summed E-state index contributed by atoms with van der Waals surface area (Å²) in [5, 5.41) is 9.11. The van der Waals surface area contributed by atoms with Crippen LogP contribution < -0.4 is 5.32 Å². The van der Waals surface area contributed by atoms with Gasteiger partial charge in [-0.15, -0.1) is 11.3 Å². The zero-order valence-corrected chi connectivity index (χ0v) is 16.5. The molecule has 1 amide bonds. The monoisotopic (exact) mass is 396 g/mol. The topological polar surface area (TPSA) is 71.3 Å². The van der Waals surface area contributed by atoms with Crippen molar-refractivity contribution in [2.24, 2.45) is 0 Å². The van der Waals surface area contributed by atoms with Gasteiger partial charge in [0.05, 0.1) is 4.88 Å². The van der Waals surface area contributed by atoms with Gasteiger partial charge in [-0.1, -0.05) is 41.6 Å². The van der Waals surface area contributed by atoms with E-state index in [1.807, 2.05) is 23.6 Å². The van der Waals surface area contributed by atoms with E-state index in [-0.39, 0.29) is 11.9 Å². The lowest BCUT2D eigenvalue weighted by Gasteiger charge is -2.32. The fourth-order valence-electron chi connectivity index (χ4n) is 3.46. The number of nitrogens with one attached hydrogen (secondary N) is 1. The number of carbonyl (C=O) groups is 1. The maximum atomic E-state index is 12.3. The van der Waals surface area contributed by atoms with E-state index >= 15 is 0 Å². The standard InChI is InChI=1S/C21H24N4O2S/c26-19(8-9-20-23-21(24-27-20)18-7-4-14-28-18)22-17-10-12-25(13-11-17)15-16-5-2-1-3-6-16/h1-7,14,17H,8-13,15H2,(H,22,26). The number of piperidine rings is 1. The Bertz CT molecular complexity index is 871. The molecule has 28 heavy (non-hydrogen) atoms. The summed E-state index contributed by atoms with van der Waals surface area (Å²) in [5.74, 6) is 1.16. The lowest BCUT2D eigenvalue weighted by molar-refractivity contribution is -0.122. The number of hydrogen-bond donors (Lipinski definition) is 1. The molecule has 0 radical (unpaired) electrons. The Morgan fingerprint density at radius 1 is 1.18 bits per heavy atom. The molecule has 1 fully saturated rings. The Morgan fingerprint density at radius 2 is 2.00 bits per heavy atom. The van der Waals surface area contributed by atoms with Crippen LogP contribution in [0.5, 0.6) is 0 Å². The molecule has 2 aromatic heterocycles. The van der Waals surface area contributed by atoms with Gasteiger partial charge in [-0.05, 0) is 29.9 Å². The van der Waals surface area contributed by atoms with Gasteiger partial charge in [-0.25, -0.2) is 0 Å². The molecule has 0 unspecified atom stereocenters. The van der Waals surface area contributed by atoms with Crippen LogP contribution >= 0.6 is 11.3 Å². The van der Waals surface area contributed by atoms with Gasteiger partial charge in [-0.3, -0.25) is 9.69 Å². The highest BCUT2D eigenvalue weighted by atomic mass is 32.1. The van der Waals surface area contributed by atoms with E-state index in [2.05, 4.69) is 44.6 Å². The zero-order chi connectivity index (χ0) is 19.2. The lowest BCUT2D eigenvalue weighted by atomic mass is 10.0. The molecule has 1 aliphatic heterocycles. The summed E-state index contributed by atoms with van der Waals surface area (Å²) in [6.07, 6.45) is 2.82. The molecule has 3 heterocycles. The molecule has 3 aromatic rings. The number of hydrogen-bond acceptors (Lipinski definition) is 6. The van der Waals surface area contributed by atoms with Crippen LogP contribution in [0.4, 0.5) is 0 Å². The fraction of sp³-hybridized carbons (Fsp3) is 0.381. The van der Waals surface area contributed by atoms with Crippen molar-refractivity contribution >= 4 is 17.2 Å². The minimum atomic E-state index is 0.0531. The Labute approximate surface area is 168 Å². The van der Waals surface area contributed by atoms with Crippen molar-refractivity contribution in [1.29, 1.82) is 0 Å². The number of aryl methyl sites for hydroxylation is 1. The van der Waals surface area contributed by atoms with E-state index in [9.17, 15) is 4.79 Å². The summed E-state index contributed by atoms with van der Waals surface area (Å²) in [4.78, 5) is 20.1. The van der Waals surface area contributed by atoms with E-state index in [1.165, 1.54) is 5.56 Å². The first kappa shape index (κ1) is 18.8. The maximum absolute atomic E-state index is 12.3. The first-order valence-corrected chi connectivity index (χ1v) is 10.6. The lowest BCUT2D eigenvalue weighted by Crippen LogP contribution is -2.44. The molecule has 0 aliphatic carbocycles. The van der Waals surface area contributed by atoms with Gasteiger partial charge in [0.15, 0.2) is 0 Å². The quantitative estimate of drug-likeness (QED) is 0.662. The number of carbonyl (C=O) groups excluding carboxylic acids is 1. The van der Waals surface area contributed by atoms with E-state index in [4.69, 9.17) is 4.52 Å². The second-order valence-corrected chi connectivity index (χ2v) is 8.04. The minimum Gasteiger partial charge on any atom is -0.353 e. The largest absolute Gasteiger partial charge is 0.353 e. The summed E-state index contributed by atoms with van der Waals surface area (Å²) in [5.41, 5.74) is 1.34. The van der Waals surface area contributed by atoms with Crippen molar-refractivity contribution < 1.29 is 9.32 Å². The second-order valence-electron chi connectivity index (χ2n) is 7.09. The smallest absolute Gasteiger partial charge is 0.227 e. The highest BCUT2D eigenvalue weighted by molar-refractivity contribution is 7.13. The molecular weight excluding hydrogens is 372 g/mol. The van der Waals surface area contributed by atoms with Gasteiger partial charge in [0.2, 0.25) is 17.6 Å². The average molecular weight is 397 g/mol. The summed E-state index contributed by atoms with van der Waals surface area (Å²) < 4.78 is 5.26. The van der Waals surface area contributed by atoms with Crippen molar-refractivity contribution in [2.75, 3.05) is 13.1 Å². The van der Waals surface area contributed by atoms with Gasteiger partial charge < -0.3 is 9.84 Å². The van der Waals surface area contributed by atoms with Crippen molar-refractivity contribution in [3.63, 3.8) is 0 Å². The molecule has 6 nitrogen and oxygen atoms in total. The molecule has 0 saturated carbocycles. The second kappa shape index (κ2) is 9.12. The van der Waals surface area contributed by atoms with Crippen molar-refractivity contribution in [1.82, 2.24) is 20.4 Å². The molecule has 4 rings (SSSR count). The van der Waals surface area contributed by atoms with Crippen LogP contribution in [-0.4, -0.2) is 40.1 Å². The summed E-state index contributed by atoms with van der Waals surface area (Å²) in [6.45, 7) is 2.99. The van der Waals surface area contributed by atoms with Crippen LogP contribution in [0, 0.1) is 0 Å². The summed E-state index contributed by atoms with van der Waals surface area (Å²) >= 11 is 1.57. The summed E-state index contributed by atoms with van der Waals surface area (Å²) in [7, 11) is 0. The molecule has 0 atom stereocenters. The van der Waals surface area contributed by atoms with E-state index in [0.29, 0.717) is 24.6 Å². The van der Waals surface area contributed by atoms with Crippen molar-refractivity contribution in [3.05, 3.63) is 59.3 Å². The molecule has 0 bridgehead atoms. The third-order valence-electron chi connectivity index (χ3n) is 4.98. The Kier molecular flexibility index (Phi) is 6.14. The SMILES string of the molecule is O=C(CCc1nc(-c2cccs2)no1)NC1CCN(Cc2ccccc2)CC1. The van der Waals surface area contributed by atoms with Gasteiger partial charge in [0, 0.05) is 38.5 Å². The normalized spacial score (nSPS) is 15.6. The zero-order valence-electron chi connectivity index (χ0n) is 15.7. The first-order chi connectivity index (χ1) is 13.8. The van der Waals surface area contributed by atoms with Crippen LogP contribution in [0.3, 0.4) is 0 Å². The van der Waals surface area contributed by atoms with E-state index in [1.54, 1.807) is 11.3 Å². The number of nitrogens with zero attached hydrogens (tertiary/aromatic N) is 3. The predicted molar refractivity (Wildman–Crippen MR) is 109 cm³/mol. The predicted octanol–water partition coefficient (Wildman–Crippen LogP) is 3.51. The maximum Gasteiger partial charge on any atom is 0.227 e. The van der Waals surface area contributed by atoms with Gasteiger partial charge in [0.25, 0.3) is 0 Å². The summed E-state index contributed by atoms with van der Waals surface area (Å²) in [6, 6.07) is 14.7. The van der Waals surface area contributed by atoms with Gasteiger partial charge in [-0.2, -0.15) is 4.98 Å². The number of thiophene rings is 1. The molecule has 146 valence electrons. The number of benzene rings is 1. The highest BCUT2D eigenvalue weighted by Gasteiger charge is 2.21. The molecule has 1 N–H and O–H groups in total. The fourth-order valence-corrected chi connectivity index (χ4v) is 4.11. The van der Waals surface area contributed by atoms with Crippen LogP contribution in [0.15, 0.2) is 52.4 Å². The molecule has 7 heteroatoms. The van der Waals surface area contributed by atoms with Crippen molar-refractivity contribution in [2.45, 2.75) is 38.3 Å². The third kappa shape index (κ3) is 5.05.